The van der Waals surface area contributed by atoms with Crippen LogP contribution in [-0.4, -0.2) is 36.1 Å². The first-order valence-electron chi connectivity index (χ1n) is 9.05. The highest BCUT2D eigenvalue weighted by atomic mass is 35.5. The Morgan fingerprint density at radius 2 is 1.81 bits per heavy atom. The van der Waals surface area contributed by atoms with Gasteiger partial charge in [-0.1, -0.05) is 29.8 Å². The minimum absolute atomic E-state index is 0.111. The van der Waals surface area contributed by atoms with Crippen LogP contribution in [0.4, 0.5) is 10.6 Å². The predicted molar refractivity (Wildman–Crippen MR) is 105 cm³/mol. The molecule has 0 atom stereocenters. The molecule has 2 heterocycles. The van der Waals surface area contributed by atoms with E-state index in [1.54, 1.807) is 11.9 Å². The maximum absolute atomic E-state index is 12.3. The van der Waals surface area contributed by atoms with Crippen molar-refractivity contribution in [3.8, 4) is 0 Å². The van der Waals surface area contributed by atoms with Gasteiger partial charge < -0.3 is 15.1 Å². The monoisotopic (exact) mass is 372 g/mol. The van der Waals surface area contributed by atoms with E-state index >= 15 is 0 Å². The average molecular weight is 373 g/mol. The highest BCUT2D eigenvalue weighted by molar-refractivity contribution is 6.30. The third-order valence-electron chi connectivity index (χ3n) is 4.61. The molecule has 0 spiro atoms. The quantitative estimate of drug-likeness (QED) is 0.860. The Labute approximate surface area is 160 Å². The summed E-state index contributed by atoms with van der Waals surface area (Å²) in [6.07, 6.45) is 5.63. The van der Waals surface area contributed by atoms with E-state index in [-0.39, 0.29) is 6.03 Å². The summed E-state index contributed by atoms with van der Waals surface area (Å²) in [5.74, 6) is 1.03. The highest BCUT2D eigenvalue weighted by Gasteiger charge is 2.12. The highest BCUT2D eigenvalue weighted by Crippen LogP contribution is 2.17. The maximum atomic E-state index is 12.3. The number of pyridine rings is 1. The molecular weight excluding hydrogens is 348 g/mol. The summed E-state index contributed by atoms with van der Waals surface area (Å²) in [5, 5.41) is 3.63. The van der Waals surface area contributed by atoms with Gasteiger partial charge in [-0.2, -0.15) is 0 Å². The zero-order valence-corrected chi connectivity index (χ0v) is 15.9. The van der Waals surface area contributed by atoms with Crippen LogP contribution in [0.2, 0.25) is 5.02 Å². The van der Waals surface area contributed by atoms with Crippen molar-refractivity contribution < 1.29 is 4.79 Å². The topological polar surface area (TPSA) is 48.5 Å². The summed E-state index contributed by atoms with van der Waals surface area (Å²) in [6, 6.07) is 11.5. The van der Waals surface area contributed by atoms with Crippen LogP contribution in [0.5, 0.6) is 0 Å². The summed E-state index contributed by atoms with van der Waals surface area (Å²) >= 11 is 5.89. The minimum Gasteiger partial charge on any atom is -0.357 e. The molecule has 3 rings (SSSR count). The number of carbonyl (C=O) groups is 1. The Morgan fingerprint density at radius 1 is 1.12 bits per heavy atom. The number of carbonyl (C=O) groups excluding carboxylic acids is 1. The molecule has 2 aromatic rings. The van der Waals surface area contributed by atoms with Gasteiger partial charge in [0.1, 0.15) is 5.82 Å². The molecule has 2 amide bonds. The van der Waals surface area contributed by atoms with Crippen LogP contribution in [0.25, 0.3) is 0 Å². The van der Waals surface area contributed by atoms with Gasteiger partial charge in [-0.15, -0.1) is 0 Å². The normalized spacial score (nSPS) is 14.2. The van der Waals surface area contributed by atoms with Crippen molar-refractivity contribution >= 4 is 23.4 Å². The van der Waals surface area contributed by atoms with E-state index in [4.69, 9.17) is 11.6 Å². The molecule has 1 aromatic heterocycles. The smallest absolute Gasteiger partial charge is 0.317 e. The first kappa shape index (κ1) is 18.5. The van der Waals surface area contributed by atoms with Crippen molar-refractivity contribution in [2.75, 3.05) is 25.0 Å². The number of amides is 2. The van der Waals surface area contributed by atoms with Crippen molar-refractivity contribution in [1.82, 2.24) is 15.2 Å². The molecule has 1 fully saturated rings. The first-order chi connectivity index (χ1) is 12.6. The van der Waals surface area contributed by atoms with Gasteiger partial charge in [0, 0.05) is 44.4 Å². The van der Waals surface area contributed by atoms with Crippen LogP contribution in [0, 0.1) is 0 Å². The first-order valence-corrected chi connectivity index (χ1v) is 9.43. The van der Waals surface area contributed by atoms with E-state index in [9.17, 15) is 4.79 Å². The summed E-state index contributed by atoms with van der Waals surface area (Å²) in [5.41, 5.74) is 2.04. The summed E-state index contributed by atoms with van der Waals surface area (Å²) in [4.78, 5) is 20.8. The fraction of sp³-hybridized carbons (Fsp3) is 0.400. The number of halogens is 1. The number of nitrogens with zero attached hydrogens (tertiary/aromatic N) is 3. The van der Waals surface area contributed by atoms with Gasteiger partial charge in [0.15, 0.2) is 0 Å². The van der Waals surface area contributed by atoms with Crippen LogP contribution in [-0.2, 0) is 13.1 Å². The van der Waals surface area contributed by atoms with Crippen molar-refractivity contribution in [2.24, 2.45) is 0 Å². The van der Waals surface area contributed by atoms with E-state index in [2.05, 4.69) is 15.2 Å². The lowest BCUT2D eigenvalue weighted by Gasteiger charge is -2.27. The molecule has 1 saturated heterocycles. The second kappa shape index (κ2) is 8.90. The fourth-order valence-corrected chi connectivity index (χ4v) is 3.21. The largest absolute Gasteiger partial charge is 0.357 e. The van der Waals surface area contributed by atoms with Gasteiger partial charge in [-0.3, -0.25) is 0 Å². The number of urea groups is 1. The molecule has 6 heteroatoms. The second-order valence-electron chi connectivity index (χ2n) is 6.71. The zero-order valence-electron chi connectivity index (χ0n) is 15.1. The van der Waals surface area contributed by atoms with Crippen LogP contribution in [0.15, 0.2) is 42.6 Å². The average Bonchev–Trinajstić information content (AvgIpc) is 2.69. The maximum Gasteiger partial charge on any atom is 0.317 e. The lowest BCUT2D eigenvalue weighted by molar-refractivity contribution is 0.206. The van der Waals surface area contributed by atoms with E-state index in [1.807, 2.05) is 42.6 Å². The number of hydrogen-bond acceptors (Lipinski definition) is 3. The molecule has 1 N–H and O–H groups in total. The molecule has 1 aromatic carbocycles. The molecule has 0 saturated carbocycles. The number of anilines is 1. The minimum atomic E-state index is -0.111. The summed E-state index contributed by atoms with van der Waals surface area (Å²) in [7, 11) is 1.78. The lowest BCUT2D eigenvalue weighted by Crippen LogP contribution is -2.36. The van der Waals surface area contributed by atoms with Crippen molar-refractivity contribution in [3.63, 3.8) is 0 Å². The molecule has 138 valence electrons. The Balaban J connectivity index is 1.48. The molecular formula is C20H25ClN4O. The number of hydrogen-bond donors (Lipinski definition) is 1. The second-order valence-corrected chi connectivity index (χ2v) is 7.15. The van der Waals surface area contributed by atoms with Crippen molar-refractivity contribution in [2.45, 2.75) is 32.4 Å². The fourth-order valence-electron chi connectivity index (χ4n) is 3.08. The Morgan fingerprint density at radius 3 is 2.46 bits per heavy atom. The lowest BCUT2D eigenvalue weighted by atomic mass is 10.1. The third-order valence-corrected chi connectivity index (χ3v) is 4.86. The Hall–Kier alpha value is -2.27. The standard InChI is InChI=1S/C20H25ClN4O/c1-24(15-16-5-8-18(21)9-6-16)20(26)23-14-17-7-10-19(22-13-17)25-11-3-2-4-12-25/h5-10,13H,2-4,11-12,14-15H2,1H3,(H,23,26). The van der Waals surface area contributed by atoms with Gasteiger partial charge in [-0.05, 0) is 48.6 Å². The molecule has 1 aliphatic rings. The third kappa shape index (κ3) is 5.11. The Kier molecular flexibility index (Phi) is 6.34. The zero-order chi connectivity index (χ0) is 18.4. The SMILES string of the molecule is CN(Cc1ccc(Cl)cc1)C(=O)NCc1ccc(N2CCCCC2)nc1. The van der Waals surface area contributed by atoms with Crippen LogP contribution >= 0.6 is 11.6 Å². The van der Waals surface area contributed by atoms with Crippen molar-refractivity contribution in [1.29, 1.82) is 0 Å². The Bertz CT molecular complexity index is 712. The molecule has 0 radical (unpaired) electrons. The molecule has 0 bridgehead atoms. The van der Waals surface area contributed by atoms with Gasteiger partial charge in [-0.25, -0.2) is 9.78 Å². The number of nitrogens with one attached hydrogen (secondary N) is 1. The summed E-state index contributed by atoms with van der Waals surface area (Å²) < 4.78 is 0. The molecule has 0 unspecified atom stereocenters. The van der Waals surface area contributed by atoms with Gasteiger partial charge in [0.2, 0.25) is 0 Å². The van der Waals surface area contributed by atoms with E-state index in [0.717, 1.165) is 30.0 Å². The van der Waals surface area contributed by atoms with Gasteiger partial charge in [0.25, 0.3) is 0 Å². The number of benzene rings is 1. The predicted octanol–water partition coefficient (Wildman–Crippen LogP) is 4.07. The van der Waals surface area contributed by atoms with E-state index in [0.29, 0.717) is 18.1 Å². The van der Waals surface area contributed by atoms with Crippen LogP contribution < -0.4 is 10.2 Å². The molecule has 5 nitrogen and oxygen atoms in total. The van der Waals surface area contributed by atoms with Gasteiger partial charge >= 0.3 is 6.03 Å². The van der Waals surface area contributed by atoms with E-state index < -0.39 is 0 Å². The molecule has 0 aliphatic carbocycles. The van der Waals surface area contributed by atoms with Gasteiger partial charge in [0.05, 0.1) is 0 Å². The van der Waals surface area contributed by atoms with Crippen LogP contribution in [0.1, 0.15) is 30.4 Å². The summed E-state index contributed by atoms with van der Waals surface area (Å²) in [6.45, 7) is 3.17. The van der Waals surface area contributed by atoms with Crippen LogP contribution in [0.3, 0.4) is 0 Å². The molecule has 1 aliphatic heterocycles. The van der Waals surface area contributed by atoms with Crippen molar-refractivity contribution in [3.05, 3.63) is 58.7 Å². The van der Waals surface area contributed by atoms with E-state index in [1.165, 1.54) is 19.3 Å². The number of piperidine rings is 1. The number of rotatable bonds is 5. The molecule has 26 heavy (non-hydrogen) atoms. The number of aromatic nitrogens is 1.